The Morgan fingerprint density at radius 1 is 1.27 bits per heavy atom. The van der Waals surface area contributed by atoms with Gasteiger partial charge in [0.25, 0.3) is 0 Å². The van der Waals surface area contributed by atoms with Crippen LogP contribution in [0.5, 0.6) is 11.5 Å². The highest BCUT2D eigenvalue weighted by atomic mass is 16.5. The lowest BCUT2D eigenvalue weighted by atomic mass is 9.84. The van der Waals surface area contributed by atoms with Crippen LogP contribution in [0, 0.1) is 0 Å². The minimum absolute atomic E-state index is 0.0165. The number of fused-ring (bicyclic) bond motifs is 1. The zero-order valence-electron chi connectivity index (χ0n) is 13.8. The van der Waals surface area contributed by atoms with Crippen molar-refractivity contribution < 1.29 is 14.6 Å². The van der Waals surface area contributed by atoms with E-state index in [0.717, 1.165) is 24.4 Å². The molecule has 2 heterocycles. The Labute approximate surface area is 133 Å². The summed E-state index contributed by atoms with van der Waals surface area (Å²) >= 11 is 0. The van der Waals surface area contributed by atoms with E-state index in [1.54, 1.807) is 0 Å². The number of para-hydroxylation sites is 1. The van der Waals surface area contributed by atoms with E-state index in [1.165, 1.54) is 19.3 Å². The number of aliphatic hydroxyl groups is 1. The fraction of sp³-hybridized carbons (Fsp3) is 0.667. The van der Waals surface area contributed by atoms with Gasteiger partial charge in [-0.15, -0.1) is 0 Å². The highest BCUT2D eigenvalue weighted by Crippen LogP contribution is 2.46. The van der Waals surface area contributed by atoms with Gasteiger partial charge in [0.05, 0.1) is 12.6 Å². The molecular formula is C18H27NO3. The summed E-state index contributed by atoms with van der Waals surface area (Å²) in [5.41, 5.74) is 0.401. The molecule has 2 aliphatic heterocycles. The SMILES string of the molecule is CCOc1cccc2c1OC(C)(C)C(N1CCCCC1)C2O. The summed E-state index contributed by atoms with van der Waals surface area (Å²) in [6.07, 6.45) is 3.14. The van der Waals surface area contributed by atoms with Crippen LogP contribution < -0.4 is 9.47 Å². The van der Waals surface area contributed by atoms with Gasteiger partial charge in [-0.2, -0.15) is 0 Å². The summed E-state index contributed by atoms with van der Waals surface area (Å²) in [6.45, 7) is 8.76. The van der Waals surface area contributed by atoms with Crippen LogP contribution in [-0.2, 0) is 0 Å². The molecule has 1 aromatic carbocycles. The van der Waals surface area contributed by atoms with Gasteiger partial charge in [0.2, 0.25) is 0 Å². The number of benzene rings is 1. The first kappa shape index (κ1) is 15.6. The molecule has 3 rings (SSSR count). The van der Waals surface area contributed by atoms with E-state index < -0.39 is 11.7 Å². The summed E-state index contributed by atoms with van der Waals surface area (Å²) in [4.78, 5) is 2.39. The van der Waals surface area contributed by atoms with Gasteiger partial charge in [0.15, 0.2) is 11.5 Å². The van der Waals surface area contributed by atoms with Crippen LogP contribution in [-0.4, -0.2) is 41.3 Å². The van der Waals surface area contributed by atoms with Gasteiger partial charge in [-0.05, 0) is 52.8 Å². The number of piperidine rings is 1. The number of rotatable bonds is 3. The van der Waals surface area contributed by atoms with Crippen LogP contribution in [0.2, 0.25) is 0 Å². The maximum Gasteiger partial charge on any atom is 0.167 e. The van der Waals surface area contributed by atoms with Crippen molar-refractivity contribution in [3.8, 4) is 11.5 Å². The van der Waals surface area contributed by atoms with Crippen molar-refractivity contribution in [1.29, 1.82) is 0 Å². The Morgan fingerprint density at radius 3 is 2.68 bits per heavy atom. The predicted octanol–water partition coefficient (Wildman–Crippen LogP) is 3.14. The van der Waals surface area contributed by atoms with Gasteiger partial charge < -0.3 is 14.6 Å². The van der Waals surface area contributed by atoms with Crippen LogP contribution in [0.15, 0.2) is 18.2 Å². The second-order valence-electron chi connectivity index (χ2n) is 6.80. The lowest BCUT2D eigenvalue weighted by Crippen LogP contribution is -2.59. The van der Waals surface area contributed by atoms with Gasteiger partial charge >= 0.3 is 0 Å². The molecule has 0 radical (unpaired) electrons. The van der Waals surface area contributed by atoms with Crippen molar-refractivity contribution in [2.75, 3.05) is 19.7 Å². The van der Waals surface area contributed by atoms with Crippen LogP contribution in [0.25, 0.3) is 0 Å². The molecule has 0 spiro atoms. The van der Waals surface area contributed by atoms with Crippen molar-refractivity contribution in [1.82, 2.24) is 4.90 Å². The number of hydrogen-bond donors (Lipinski definition) is 1. The Kier molecular flexibility index (Phi) is 4.33. The molecule has 22 heavy (non-hydrogen) atoms. The molecule has 2 aliphatic rings. The minimum atomic E-state index is -0.544. The van der Waals surface area contributed by atoms with Crippen molar-refractivity contribution in [2.45, 2.75) is 57.8 Å². The summed E-state index contributed by atoms with van der Waals surface area (Å²) in [7, 11) is 0. The molecule has 0 bridgehead atoms. The molecule has 1 aromatic rings. The number of nitrogens with zero attached hydrogens (tertiary/aromatic N) is 1. The van der Waals surface area contributed by atoms with E-state index in [1.807, 2.05) is 25.1 Å². The molecule has 0 aromatic heterocycles. The standard InChI is InChI=1S/C18H27NO3/c1-4-21-14-10-8-9-13-15(20)17(18(2,3)22-16(13)14)19-11-6-5-7-12-19/h8-10,15,17,20H,4-7,11-12H2,1-3H3. The first-order valence-corrected chi connectivity index (χ1v) is 8.41. The number of ether oxygens (including phenoxy) is 2. The lowest BCUT2D eigenvalue weighted by molar-refractivity contribution is -0.0884. The fourth-order valence-corrected chi connectivity index (χ4v) is 3.85. The maximum atomic E-state index is 11.0. The Morgan fingerprint density at radius 2 is 2.00 bits per heavy atom. The molecule has 0 aliphatic carbocycles. The quantitative estimate of drug-likeness (QED) is 0.931. The van der Waals surface area contributed by atoms with E-state index in [9.17, 15) is 5.11 Å². The first-order chi connectivity index (χ1) is 10.5. The molecule has 4 heteroatoms. The van der Waals surface area contributed by atoms with Crippen molar-refractivity contribution in [3.63, 3.8) is 0 Å². The van der Waals surface area contributed by atoms with Crippen molar-refractivity contribution in [2.24, 2.45) is 0 Å². The smallest absolute Gasteiger partial charge is 0.167 e. The topological polar surface area (TPSA) is 41.9 Å². The average molecular weight is 305 g/mol. The summed E-state index contributed by atoms with van der Waals surface area (Å²) in [5, 5.41) is 11.0. The molecule has 1 saturated heterocycles. The minimum Gasteiger partial charge on any atom is -0.490 e. The molecule has 1 fully saturated rings. The lowest BCUT2D eigenvalue weighted by Gasteiger charge is -2.49. The summed E-state index contributed by atoms with van der Waals surface area (Å²) < 4.78 is 12.0. The van der Waals surface area contributed by atoms with E-state index >= 15 is 0 Å². The molecule has 122 valence electrons. The maximum absolute atomic E-state index is 11.0. The summed E-state index contributed by atoms with van der Waals surface area (Å²) in [5.74, 6) is 1.43. The van der Waals surface area contributed by atoms with Gasteiger partial charge in [-0.1, -0.05) is 18.6 Å². The number of likely N-dealkylation sites (tertiary alicyclic amines) is 1. The Hall–Kier alpha value is -1.26. The largest absolute Gasteiger partial charge is 0.490 e. The van der Waals surface area contributed by atoms with Gasteiger partial charge in [-0.3, -0.25) is 4.90 Å². The molecule has 0 saturated carbocycles. The fourth-order valence-electron chi connectivity index (χ4n) is 3.85. The molecule has 0 amide bonds. The third kappa shape index (κ3) is 2.70. The second-order valence-corrected chi connectivity index (χ2v) is 6.80. The Bertz CT molecular complexity index is 523. The molecule has 1 N–H and O–H groups in total. The van der Waals surface area contributed by atoms with Gasteiger partial charge in [0, 0.05) is 5.56 Å². The molecular weight excluding hydrogens is 278 g/mol. The highest BCUT2D eigenvalue weighted by molar-refractivity contribution is 5.50. The number of hydrogen-bond acceptors (Lipinski definition) is 4. The molecule has 4 nitrogen and oxygen atoms in total. The third-order valence-electron chi connectivity index (χ3n) is 4.79. The van der Waals surface area contributed by atoms with Gasteiger partial charge in [0.1, 0.15) is 11.7 Å². The predicted molar refractivity (Wildman–Crippen MR) is 86.5 cm³/mol. The zero-order chi connectivity index (χ0) is 15.7. The van der Waals surface area contributed by atoms with E-state index in [0.29, 0.717) is 12.4 Å². The normalized spacial score (nSPS) is 27.8. The first-order valence-electron chi connectivity index (χ1n) is 8.41. The van der Waals surface area contributed by atoms with Gasteiger partial charge in [-0.25, -0.2) is 0 Å². The van der Waals surface area contributed by atoms with Crippen LogP contribution in [0.1, 0.15) is 51.7 Å². The highest BCUT2D eigenvalue weighted by Gasteiger charge is 2.47. The van der Waals surface area contributed by atoms with Crippen LogP contribution in [0.4, 0.5) is 0 Å². The van der Waals surface area contributed by atoms with E-state index in [-0.39, 0.29) is 6.04 Å². The Balaban J connectivity index is 1.97. The van der Waals surface area contributed by atoms with Crippen LogP contribution >= 0.6 is 0 Å². The van der Waals surface area contributed by atoms with Crippen LogP contribution in [0.3, 0.4) is 0 Å². The summed E-state index contributed by atoms with van der Waals surface area (Å²) in [6, 6.07) is 5.78. The average Bonchev–Trinajstić information content (AvgIpc) is 2.49. The van der Waals surface area contributed by atoms with E-state index in [4.69, 9.17) is 9.47 Å². The zero-order valence-corrected chi connectivity index (χ0v) is 13.8. The number of aliphatic hydroxyl groups excluding tert-OH is 1. The second kappa shape index (κ2) is 6.09. The van der Waals surface area contributed by atoms with Crippen molar-refractivity contribution >= 4 is 0 Å². The molecule has 2 atom stereocenters. The van der Waals surface area contributed by atoms with Crippen molar-refractivity contribution in [3.05, 3.63) is 23.8 Å². The monoisotopic (exact) mass is 305 g/mol. The van der Waals surface area contributed by atoms with E-state index in [2.05, 4.69) is 18.7 Å². The third-order valence-corrected chi connectivity index (χ3v) is 4.79. The molecule has 2 unspecified atom stereocenters.